The average Bonchev–Trinajstić information content (AvgIpc) is 1.93. The highest BCUT2D eigenvalue weighted by atomic mass is 16.5. The summed E-state index contributed by atoms with van der Waals surface area (Å²) >= 11 is 0. The van der Waals surface area contributed by atoms with Crippen LogP contribution in [0, 0.1) is 5.92 Å². The van der Waals surface area contributed by atoms with Crippen LogP contribution in [0.25, 0.3) is 0 Å². The number of carbonyl (C=O) groups is 1. The molecule has 0 aromatic heterocycles. The Morgan fingerprint density at radius 1 is 1.67 bits per heavy atom. The molecule has 2 N–H and O–H groups in total. The third-order valence-electron chi connectivity index (χ3n) is 2.13. The molecular weight excluding hydrogens is 158 g/mol. The largest absolute Gasteiger partial charge is 0.480 e. The lowest BCUT2D eigenvalue weighted by molar-refractivity contribution is -0.147. The van der Waals surface area contributed by atoms with Crippen LogP contribution < -0.4 is 5.32 Å². The SMILES string of the molecule is CNCC1CC(OCC(=O)O)C1. The fraction of sp³-hybridized carbons (Fsp3) is 0.875. The zero-order valence-corrected chi connectivity index (χ0v) is 7.25. The van der Waals surface area contributed by atoms with Crippen LogP contribution in [0.3, 0.4) is 0 Å². The molecule has 0 atom stereocenters. The van der Waals surface area contributed by atoms with Gasteiger partial charge in [-0.25, -0.2) is 4.79 Å². The van der Waals surface area contributed by atoms with Crippen LogP contribution >= 0.6 is 0 Å². The van der Waals surface area contributed by atoms with Gasteiger partial charge in [-0.15, -0.1) is 0 Å². The Morgan fingerprint density at radius 3 is 2.83 bits per heavy atom. The van der Waals surface area contributed by atoms with Crippen molar-refractivity contribution in [2.45, 2.75) is 18.9 Å². The molecule has 0 aliphatic heterocycles. The van der Waals surface area contributed by atoms with Gasteiger partial charge in [0.15, 0.2) is 0 Å². The molecule has 0 unspecified atom stereocenters. The minimum Gasteiger partial charge on any atom is -0.480 e. The Labute approximate surface area is 71.9 Å². The van der Waals surface area contributed by atoms with E-state index >= 15 is 0 Å². The van der Waals surface area contributed by atoms with Crippen LogP contribution in [0.2, 0.25) is 0 Å². The van der Waals surface area contributed by atoms with E-state index in [2.05, 4.69) is 5.32 Å². The van der Waals surface area contributed by atoms with E-state index in [1.54, 1.807) is 0 Å². The summed E-state index contributed by atoms with van der Waals surface area (Å²) in [7, 11) is 1.92. The first-order valence-electron chi connectivity index (χ1n) is 4.20. The molecule has 1 aliphatic rings. The lowest BCUT2D eigenvalue weighted by atomic mass is 9.82. The number of carboxylic acid groups (broad SMARTS) is 1. The summed E-state index contributed by atoms with van der Waals surface area (Å²) in [6, 6.07) is 0. The first-order chi connectivity index (χ1) is 5.72. The highest BCUT2D eigenvalue weighted by molar-refractivity contribution is 5.68. The van der Waals surface area contributed by atoms with E-state index < -0.39 is 5.97 Å². The maximum absolute atomic E-state index is 10.1. The topological polar surface area (TPSA) is 58.6 Å². The van der Waals surface area contributed by atoms with Gasteiger partial charge in [-0.3, -0.25) is 0 Å². The van der Waals surface area contributed by atoms with Gasteiger partial charge in [0.05, 0.1) is 6.10 Å². The van der Waals surface area contributed by atoms with Gasteiger partial charge in [0.25, 0.3) is 0 Å². The van der Waals surface area contributed by atoms with E-state index in [4.69, 9.17) is 9.84 Å². The van der Waals surface area contributed by atoms with Gasteiger partial charge in [0.1, 0.15) is 6.61 Å². The molecule has 0 aromatic rings. The molecule has 1 fully saturated rings. The van der Waals surface area contributed by atoms with Crippen molar-refractivity contribution < 1.29 is 14.6 Å². The van der Waals surface area contributed by atoms with Crippen LogP contribution in [0.15, 0.2) is 0 Å². The summed E-state index contributed by atoms with van der Waals surface area (Å²) in [5, 5.41) is 11.4. The third-order valence-corrected chi connectivity index (χ3v) is 2.13. The van der Waals surface area contributed by atoms with Crippen molar-refractivity contribution >= 4 is 5.97 Å². The Balaban J connectivity index is 1.98. The van der Waals surface area contributed by atoms with Crippen molar-refractivity contribution in [3.8, 4) is 0 Å². The Morgan fingerprint density at radius 2 is 2.33 bits per heavy atom. The van der Waals surface area contributed by atoms with E-state index in [0.717, 1.165) is 19.4 Å². The standard InChI is InChI=1S/C8H15NO3/c1-9-4-6-2-7(3-6)12-5-8(10)11/h6-7,9H,2-5H2,1H3,(H,10,11). The number of rotatable bonds is 5. The van der Waals surface area contributed by atoms with Crippen molar-refractivity contribution in [1.29, 1.82) is 0 Å². The lowest BCUT2D eigenvalue weighted by Gasteiger charge is -2.34. The molecule has 0 saturated heterocycles. The number of ether oxygens (including phenoxy) is 1. The fourth-order valence-corrected chi connectivity index (χ4v) is 1.46. The van der Waals surface area contributed by atoms with Gasteiger partial charge in [0, 0.05) is 0 Å². The van der Waals surface area contributed by atoms with Crippen LogP contribution in [0.5, 0.6) is 0 Å². The molecule has 1 rings (SSSR count). The van der Waals surface area contributed by atoms with Gasteiger partial charge in [-0.05, 0) is 32.4 Å². The van der Waals surface area contributed by atoms with E-state index in [1.807, 2.05) is 7.05 Å². The zero-order valence-electron chi connectivity index (χ0n) is 7.25. The molecule has 0 radical (unpaired) electrons. The van der Waals surface area contributed by atoms with Crippen molar-refractivity contribution in [3.05, 3.63) is 0 Å². The molecule has 0 bridgehead atoms. The maximum atomic E-state index is 10.1. The first kappa shape index (κ1) is 9.48. The fourth-order valence-electron chi connectivity index (χ4n) is 1.46. The van der Waals surface area contributed by atoms with E-state index in [-0.39, 0.29) is 12.7 Å². The summed E-state index contributed by atoms with van der Waals surface area (Å²) < 4.78 is 5.09. The van der Waals surface area contributed by atoms with Gasteiger partial charge < -0.3 is 15.2 Å². The Hall–Kier alpha value is -0.610. The van der Waals surface area contributed by atoms with Gasteiger partial charge in [-0.1, -0.05) is 0 Å². The van der Waals surface area contributed by atoms with E-state index in [0.29, 0.717) is 5.92 Å². The van der Waals surface area contributed by atoms with E-state index in [1.165, 1.54) is 0 Å². The summed E-state index contributed by atoms with van der Waals surface area (Å²) in [6.45, 7) is 0.851. The summed E-state index contributed by atoms with van der Waals surface area (Å²) in [6.07, 6.45) is 2.17. The normalized spacial score (nSPS) is 28.1. The molecule has 70 valence electrons. The average molecular weight is 173 g/mol. The molecular formula is C8H15NO3. The van der Waals surface area contributed by atoms with Crippen LogP contribution in [0.4, 0.5) is 0 Å². The quantitative estimate of drug-likeness (QED) is 0.618. The highest BCUT2D eigenvalue weighted by Crippen LogP contribution is 2.29. The van der Waals surface area contributed by atoms with Gasteiger partial charge >= 0.3 is 5.97 Å². The molecule has 0 spiro atoms. The van der Waals surface area contributed by atoms with Crippen LogP contribution in [-0.2, 0) is 9.53 Å². The molecule has 1 saturated carbocycles. The molecule has 12 heavy (non-hydrogen) atoms. The summed E-state index contributed by atoms with van der Waals surface area (Å²) in [4.78, 5) is 10.1. The van der Waals surface area contributed by atoms with Gasteiger partial charge in [-0.2, -0.15) is 0 Å². The van der Waals surface area contributed by atoms with E-state index in [9.17, 15) is 4.79 Å². The molecule has 0 heterocycles. The molecule has 1 aliphatic carbocycles. The summed E-state index contributed by atoms with van der Waals surface area (Å²) in [5.74, 6) is -0.208. The molecule has 0 aromatic carbocycles. The molecule has 4 nitrogen and oxygen atoms in total. The minimum atomic E-state index is -0.882. The smallest absolute Gasteiger partial charge is 0.329 e. The second-order valence-electron chi connectivity index (χ2n) is 3.22. The second kappa shape index (κ2) is 4.42. The Bertz CT molecular complexity index is 154. The van der Waals surface area contributed by atoms with Crippen molar-refractivity contribution in [3.63, 3.8) is 0 Å². The van der Waals surface area contributed by atoms with Crippen molar-refractivity contribution in [1.82, 2.24) is 5.32 Å². The van der Waals surface area contributed by atoms with Gasteiger partial charge in [0.2, 0.25) is 0 Å². The number of hydrogen-bond acceptors (Lipinski definition) is 3. The first-order valence-corrected chi connectivity index (χ1v) is 4.20. The predicted molar refractivity (Wildman–Crippen MR) is 44.0 cm³/mol. The van der Waals surface area contributed by atoms with Crippen molar-refractivity contribution in [2.24, 2.45) is 5.92 Å². The molecule has 0 amide bonds. The maximum Gasteiger partial charge on any atom is 0.329 e. The monoisotopic (exact) mass is 173 g/mol. The Kier molecular flexibility index (Phi) is 3.49. The second-order valence-corrected chi connectivity index (χ2v) is 3.22. The van der Waals surface area contributed by atoms with Crippen LogP contribution in [-0.4, -0.2) is 37.4 Å². The zero-order chi connectivity index (χ0) is 8.97. The number of nitrogens with one attached hydrogen (secondary N) is 1. The number of carboxylic acids is 1. The minimum absolute atomic E-state index is 0.156. The van der Waals surface area contributed by atoms with Crippen LogP contribution in [0.1, 0.15) is 12.8 Å². The number of aliphatic carboxylic acids is 1. The lowest BCUT2D eigenvalue weighted by Crippen LogP contribution is -2.37. The van der Waals surface area contributed by atoms with Crippen molar-refractivity contribution in [2.75, 3.05) is 20.2 Å². The molecule has 4 heteroatoms. The predicted octanol–water partition coefficient (Wildman–Crippen LogP) is 0.0856. The number of hydrogen-bond donors (Lipinski definition) is 2. The third kappa shape index (κ3) is 2.79. The summed E-state index contributed by atoms with van der Waals surface area (Å²) in [5.41, 5.74) is 0. The highest BCUT2D eigenvalue weighted by Gasteiger charge is 2.29.